The molecule has 0 spiro atoms. The van der Waals surface area contributed by atoms with Crippen molar-refractivity contribution in [3.8, 4) is 0 Å². The molecule has 0 saturated carbocycles. The molecule has 2 heterocycles. The van der Waals surface area contributed by atoms with E-state index in [0.29, 0.717) is 27.4 Å². The van der Waals surface area contributed by atoms with Gasteiger partial charge in [0.15, 0.2) is 0 Å². The van der Waals surface area contributed by atoms with E-state index >= 15 is 0 Å². The SMILES string of the molecule is CCOC(=O)c1c(NC(=O)C(Sc2cccc(NC(=O)/C(=C/c3cccnc3)NC(=O)c3ccccc3)c2)c2ccccc2)sc2c1CCCC2. The van der Waals surface area contributed by atoms with Gasteiger partial charge >= 0.3 is 5.97 Å². The van der Waals surface area contributed by atoms with Crippen LogP contribution in [0.25, 0.3) is 6.08 Å². The number of thioether (sulfide) groups is 1. The van der Waals surface area contributed by atoms with Crippen LogP contribution in [0.1, 0.15) is 67.3 Å². The first kappa shape index (κ1) is 35.3. The Balaban J connectivity index is 1.24. The van der Waals surface area contributed by atoms with E-state index in [0.717, 1.165) is 46.6 Å². The van der Waals surface area contributed by atoms with Gasteiger partial charge in [0.05, 0.1) is 12.2 Å². The molecule has 1 aliphatic rings. The molecule has 3 amide bonds. The van der Waals surface area contributed by atoms with Gasteiger partial charge in [0.2, 0.25) is 5.91 Å². The highest BCUT2D eigenvalue weighted by Gasteiger charge is 2.30. The lowest BCUT2D eigenvalue weighted by atomic mass is 9.95. The molecular formula is C40H36N4O5S2. The van der Waals surface area contributed by atoms with Gasteiger partial charge in [0, 0.05) is 33.4 Å². The second-order valence-corrected chi connectivity index (χ2v) is 14.0. The van der Waals surface area contributed by atoms with Gasteiger partial charge < -0.3 is 20.7 Å². The number of pyridine rings is 1. The Bertz CT molecular complexity index is 2050. The van der Waals surface area contributed by atoms with E-state index in [2.05, 4.69) is 20.9 Å². The number of ether oxygens (including phenoxy) is 1. The van der Waals surface area contributed by atoms with Crippen LogP contribution in [-0.2, 0) is 27.2 Å². The zero-order chi connectivity index (χ0) is 35.6. The van der Waals surface area contributed by atoms with Crippen LogP contribution in [-0.4, -0.2) is 35.3 Å². The molecule has 1 atom stereocenters. The predicted octanol–water partition coefficient (Wildman–Crippen LogP) is 8.08. The fraction of sp³-hybridized carbons (Fsp3) is 0.175. The van der Waals surface area contributed by atoms with E-state index in [1.54, 1.807) is 80.0 Å². The number of fused-ring (bicyclic) bond motifs is 1. The number of rotatable bonds is 12. The molecule has 3 aromatic carbocycles. The average molecular weight is 717 g/mol. The molecule has 51 heavy (non-hydrogen) atoms. The molecule has 5 aromatic rings. The number of benzene rings is 3. The summed E-state index contributed by atoms with van der Waals surface area (Å²) < 4.78 is 5.40. The number of nitrogens with one attached hydrogen (secondary N) is 3. The Morgan fingerprint density at radius 3 is 2.41 bits per heavy atom. The first-order chi connectivity index (χ1) is 24.9. The maximum atomic E-state index is 14.1. The number of aryl methyl sites for hydroxylation is 1. The summed E-state index contributed by atoms with van der Waals surface area (Å²) >= 11 is 2.77. The number of amides is 3. The third-order valence-electron chi connectivity index (χ3n) is 8.10. The van der Waals surface area contributed by atoms with E-state index in [-0.39, 0.29) is 18.2 Å². The van der Waals surface area contributed by atoms with Crippen LogP contribution >= 0.6 is 23.1 Å². The Morgan fingerprint density at radius 1 is 0.902 bits per heavy atom. The normalized spacial score (nSPS) is 13.0. The Morgan fingerprint density at radius 2 is 1.67 bits per heavy atom. The molecule has 11 heteroatoms. The minimum atomic E-state index is -0.683. The predicted molar refractivity (Wildman–Crippen MR) is 202 cm³/mol. The third-order valence-corrected chi connectivity index (χ3v) is 10.6. The first-order valence-corrected chi connectivity index (χ1v) is 18.3. The second kappa shape index (κ2) is 16.9. The molecule has 1 unspecified atom stereocenters. The molecule has 0 bridgehead atoms. The zero-order valence-electron chi connectivity index (χ0n) is 27.9. The number of anilines is 2. The van der Waals surface area contributed by atoms with Crippen LogP contribution < -0.4 is 16.0 Å². The van der Waals surface area contributed by atoms with Gasteiger partial charge in [-0.05, 0) is 91.8 Å². The van der Waals surface area contributed by atoms with Crippen LogP contribution in [0.4, 0.5) is 10.7 Å². The maximum Gasteiger partial charge on any atom is 0.341 e. The summed E-state index contributed by atoms with van der Waals surface area (Å²) in [5.74, 6) is -1.66. The smallest absolute Gasteiger partial charge is 0.341 e. The van der Waals surface area contributed by atoms with Gasteiger partial charge in [-0.1, -0.05) is 60.7 Å². The van der Waals surface area contributed by atoms with E-state index in [1.807, 2.05) is 42.5 Å². The fourth-order valence-corrected chi connectivity index (χ4v) is 8.07. The number of thiophene rings is 1. The molecule has 258 valence electrons. The lowest BCUT2D eigenvalue weighted by molar-refractivity contribution is -0.116. The van der Waals surface area contributed by atoms with Crippen molar-refractivity contribution in [2.45, 2.75) is 42.8 Å². The third kappa shape index (κ3) is 8.99. The van der Waals surface area contributed by atoms with Crippen LogP contribution in [0.5, 0.6) is 0 Å². The highest BCUT2D eigenvalue weighted by Crippen LogP contribution is 2.41. The lowest BCUT2D eigenvalue weighted by Gasteiger charge is -2.18. The lowest BCUT2D eigenvalue weighted by Crippen LogP contribution is -2.30. The standard InChI is InChI=1S/C40H36N4O5S2/c1-2-49-40(48)34-31-20-9-10-21-33(31)51-39(34)44-38(47)35(27-14-5-3-6-15-27)50-30-19-11-18-29(24-30)42-37(46)32(23-26-13-12-22-41-25-26)43-36(45)28-16-7-4-8-17-28/h3-8,11-19,22-25,35H,2,9-10,20-21H2,1H3,(H,42,46)(H,43,45)(H,44,47)/b32-23-. The minimum absolute atomic E-state index is 0.0347. The highest BCUT2D eigenvalue weighted by atomic mass is 32.2. The van der Waals surface area contributed by atoms with Gasteiger partial charge in [0.1, 0.15) is 15.9 Å². The summed E-state index contributed by atoms with van der Waals surface area (Å²) in [4.78, 5) is 59.8. The zero-order valence-corrected chi connectivity index (χ0v) is 29.5. The number of carbonyl (C=O) groups is 4. The highest BCUT2D eigenvalue weighted by molar-refractivity contribution is 8.00. The Labute approximate surface area is 304 Å². The molecular weight excluding hydrogens is 681 g/mol. The first-order valence-electron chi connectivity index (χ1n) is 16.6. The molecule has 0 aliphatic heterocycles. The Kier molecular flexibility index (Phi) is 11.7. The largest absolute Gasteiger partial charge is 0.462 e. The summed E-state index contributed by atoms with van der Waals surface area (Å²) in [5.41, 5.74) is 3.76. The second-order valence-electron chi connectivity index (χ2n) is 11.7. The molecule has 3 N–H and O–H groups in total. The van der Waals surface area contributed by atoms with Crippen molar-refractivity contribution in [1.82, 2.24) is 10.3 Å². The number of carbonyl (C=O) groups excluding carboxylic acids is 4. The van der Waals surface area contributed by atoms with Crippen molar-refractivity contribution in [3.63, 3.8) is 0 Å². The fourth-order valence-electron chi connectivity index (χ4n) is 5.70. The van der Waals surface area contributed by atoms with Crippen LogP contribution in [0.15, 0.2) is 120 Å². The van der Waals surface area contributed by atoms with Crippen molar-refractivity contribution in [3.05, 3.63) is 148 Å². The molecule has 2 aromatic heterocycles. The average Bonchev–Trinajstić information content (AvgIpc) is 3.52. The number of esters is 1. The number of aromatic nitrogens is 1. The summed E-state index contributed by atoms with van der Waals surface area (Å²) in [6, 6.07) is 28.7. The van der Waals surface area contributed by atoms with Gasteiger partial charge in [0.25, 0.3) is 11.8 Å². The van der Waals surface area contributed by atoms with E-state index < -0.39 is 23.0 Å². The van der Waals surface area contributed by atoms with Crippen molar-refractivity contribution in [2.75, 3.05) is 17.2 Å². The van der Waals surface area contributed by atoms with Crippen LogP contribution in [0.3, 0.4) is 0 Å². The van der Waals surface area contributed by atoms with Crippen LogP contribution in [0.2, 0.25) is 0 Å². The van der Waals surface area contributed by atoms with Crippen molar-refractivity contribution < 1.29 is 23.9 Å². The number of hydrogen-bond acceptors (Lipinski definition) is 8. The number of nitrogens with zero attached hydrogens (tertiary/aromatic N) is 1. The summed E-state index contributed by atoms with van der Waals surface area (Å²) in [7, 11) is 0. The van der Waals surface area contributed by atoms with E-state index in [9.17, 15) is 19.2 Å². The van der Waals surface area contributed by atoms with Crippen LogP contribution in [0, 0.1) is 0 Å². The molecule has 0 saturated heterocycles. The summed E-state index contributed by atoms with van der Waals surface area (Å²) in [5, 5.41) is 8.54. The van der Waals surface area contributed by atoms with Crippen molar-refractivity contribution in [1.29, 1.82) is 0 Å². The molecule has 1 aliphatic carbocycles. The summed E-state index contributed by atoms with van der Waals surface area (Å²) in [6.45, 7) is 2.01. The van der Waals surface area contributed by atoms with Gasteiger partial charge in [-0.25, -0.2) is 4.79 Å². The van der Waals surface area contributed by atoms with Gasteiger partial charge in [-0.3, -0.25) is 19.4 Å². The summed E-state index contributed by atoms with van der Waals surface area (Å²) in [6.07, 6.45) is 8.45. The maximum absolute atomic E-state index is 14.1. The van der Waals surface area contributed by atoms with Gasteiger partial charge in [-0.2, -0.15) is 0 Å². The van der Waals surface area contributed by atoms with Crippen molar-refractivity contribution in [2.24, 2.45) is 0 Å². The minimum Gasteiger partial charge on any atom is -0.462 e. The molecule has 9 nitrogen and oxygen atoms in total. The molecule has 0 radical (unpaired) electrons. The quantitative estimate of drug-likeness (QED) is 0.0677. The molecule has 0 fully saturated rings. The van der Waals surface area contributed by atoms with E-state index in [4.69, 9.17) is 4.74 Å². The van der Waals surface area contributed by atoms with E-state index in [1.165, 1.54) is 23.1 Å². The Hall–Kier alpha value is -5.52. The topological polar surface area (TPSA) is 126 Å². The van der Waals surface area contributed by atoms with Gasteiger partial charge in [-0.15, -0.1) is 23.1 Å². The monoisotopic (exact) mass is 716 g/mol. The number of hydrogen-bond donors (Lipinski definition) is 3. The van der Waals surface area contributed by atoms with Crippen molar-refractivity contribution >= 4 is 63.6 Å². The molecule has 6 rings (SSSR count).